The highest BCUT2D eigenvalue weighted by Crippen LogP contribution is 2.27. The molecule has 0 aromatic heterocycles. The monoisotopic (exact) mass is 239 g/mol. The van der Waals surface area contributed by atoms with Crippen LogP contribution in [0.1, 0.15) is 39.5 Å². The van der Waals surface area contributed by atoms with Crippen LogP contribution in [0.3, 0.4) is 0 Å². The van der Waals surface area contributed by atoms with Crippen molar-refractivity contribution in [3.05, 3.63) is 0 Å². The van der Waals surface area contributed by atoms with E-state index in [1.54, 1.807) is 0 Å². The molecule has 1 saturated carbocycles. The van der Waals surface area contributed by atoms with Crippen molar-refractivity contribution in [2.45, 2.75) is 51.6 Å². The van der Waals surface area contributed by atoms with Gasteiger partial charge in [0.2, 0.25) is 0 Å². The van der Waals surface area contributed by atoms with Gasteiger partial charge in [-0.25, -0.2) is 0 Å². The summed E-state index contributed by atoms with van der Waals surface area (Å²) in [6.45, 7) is 12.2. The Labute approximate surface area is 107 Å². The fraction of sp³-hybridized carbons (Fsp3) is 1.00. The molecule has 2 aliphatic rings. The molecule has 1 heterocycles. The van der Waals surface area contributed by atoms with Crippen molar-refractivity contribution < 1.29 is 0 Å². The summed E-state index contributed by atoms with van der Waals surface area (Å²) in [6.07, 6.45) is 5.45. The summed E-state index contributed by atoms with van der Waals surface area (Å²) < 4.78 is 0. The molecule has 0 aromatic carbocycles. The molecule has 0 amide bonds. The van der Waals surface area contributed by atoms with Crippen LogP contribution in [-0.2, 0) is 0 Å². The summed E-state index contributed by atoms with van der Waals surface area (Å²) in [5.41, 5.74) is 0. The minimum absolute atomic E-state index is 0.677. The molecule has 2 rings (SSSR count). The maximum atomic E-state index is 3.57. The van der Waals surface area contributed by atoms with Gasteiger partial charge < -0.3 is 10.2 Å². The molecule has 17 heavy (non-hydrogen) atoms. The van der Waals surface area contributed by atoms with Crippen LogP contribution in [0.2, 0.25) is 0 Å². The summed E-state index contributed by atoms with van der Waals surface area (Å²) in [5.74, 6) is 0. The first-order valence-electron chi connectivity index (χ1n) is 7.49. The molecule has 2 fully saturated rings. The van der Waals surface area contributed by atoms with Gasteiger partial charge in [0.15, 0.2) is 0 Å². The minimum Gasteiger partial charge on any atom is -0.314 e. The zero-order valence-electron chi connectivity index (χ0n) is 11.6. The molecule has 1 aliphatic heterocycles. The van der Waals surface area contributed by atoms with Crippen molar-refractivity contribution in [2.75, 3.05) is 39.3 Å². The Morgan fingerprint density at radius 3 is 2.47 bits per heavy atom. The predicted octanol–water partition coefficient (Wildman–Crippen LogP) is 1.54. The summed E-state index contributed by atoms with van der Waals surface area (Å²) in [4.78, 5) is 5.33. The third-order valence-electron chi connectivity index (χ3n) is 4.09. The second-order valence-corrected chi connectivity index (χ2v) is 5.75. The van der Waals surface area contributed by atoms with Crippen LogP contribution in [0.25, 0.3) is 0 Å². The van der Waals surface area contributed by atoms with Crippen LogP contribution in [-0.4, -0.2) is 61.2 Å². The SMILES string of the molecule is CCCNC(C)CCN1CCN(C2CC2)CC1. The highest BCUT2D eigenvalue weighted by atomic mass is 15.3. The molecule has 3 heteroatoms. The summed E-state index contributed by atoms with van der Waals surface area (Å²) >= 11 is 0. The average molecular weight is 239 g/mol. The normalized spacial score (nSPS) is 25.1. The smallest absolute Gasteiger partial charge is 0.0113 e. The molecule has 1 aliphatic carbocycles. The Balaban J connectivity index is 1.54. The van der Waals surface area contributed by atoms with E-state index in [-0.39, 0.29) is 0 Å². The van der Waals surface area contributed by atoms with Gasteiger partial charge in [-0.1, -0.05) is 6.92 Å². The molecule has 1 unspecified atom stereocenters. The number of hydrogen-bond acceptors (Lipinski definition) is 3. The Kier molecular flexibility index (Phi) is 5.26. The van der Waals surface area contributed by atoms with Gasteiger partial charge in [-0.05, 0) is 45.7 Å². The molecule has 1 saturated heterocycles. The lowest BCUT2D eigenvalue weighted by Gasteiger charge is -2.35. The molecular formula is C14H29N3. The lowest BCUT2D eigenvalue weighted by molar-refractivity contribution is 0.123. The summed E-state index contributed by atoms with van der Waals surface area (Å²) in [6, 6.07) is 1.64. The van der Waals surface area contributed by atoms with Crippen molar-refractivity contribution in [3.63, 3.8) is 0 Å². The van der Waals surface area contributed by atoms with E-state index in [1.165, 1.54) is 58.4 Å². The fourth-order valence-corrected chi connectivity index (χ4v) is 2.66. The maximum Gasteiger partial charge on any atom is 0.0113 e. The highest BCUT2D eigenvalue weighted by molar-refractivity contribution is 4.87. The van der Waals surface area contributed by atoms with E-state index in [4.69, 9.17) is 0 Å². The van der Waals surface area contributed by atoms with Crippen molar-refractivity contribution in [1.82, 2.24) is 15.1 Å². The molecular weight excluding hydrogens is 210 g/mol. The van der Waals surface area contributed by atoms with Crippen molar-refractivity contribution in [1.29, 1.82) is 0 Å². The number of nitrogens with one attached hydrogen (secondary N) is 1. The topological polar surface area (TPSA) is 18.5 Å². The third kappa shape index (κ3) is 4.57. The maximum absolute atomic E-state index is 3.57. The predicted molar refractivity (Wildman–Crippen MR) is 73.4 cm³/mol. The van der Waals surface area contributed by atoms with Gasteiger partial charge in [0.05, 0.1) is 0 Å². The first-order chi connectivity index (χ1) is 8.29. The van der Waals surface area contributed by atoms with E-state index < -0.39 is 0 Å². The lowest BCUT2D eigenvalue weighted by atomic mass is 10.2. The van der Waals surface area contributed by atoms with Crippen LogP contribution in [0.5, 0.6) is 0 Å². The fourth-order valence-electron chi connectivity index (χ4n) is 2.66. The van der Waals surface area contributed by atoms with Gasteiger partial charge >= 0.3 is 0 Å². The van der Waals surface area contributed by atoms with Gasteiger partial charge in [-0.3, -0.25) is 4.90 Å². The van der Waals surface area contributed by atoms with Crippen LogP contribution >= 0.6 is 0 Å². The highest BCUT2D eigenvalue weighted by Gasteiger charge is 2.30. The minimum atomic E-state index is 0.677. The first-order valence-corrected chi connectivity index (χ1v) is 7.49. The number of piperazine rings is 1. The van der Waals surface area contributed by atoms with E-state index in [9.17, 15) is 0 Å². The average Bonchev–Trinajstić information content (AvgIpc) is 3.19. The van der Waals surface area contributed by atoms with Crippen LogP contribution in [0.4, 0.5) is 0 Å². The largest absolute Gasteiger partial charge is 0.314 e. The van der Waals surface area contributed by atoms with Crippen LogP contribution in [0, 0.1) is 0 Å². The van der Waals surface area contributed by atoms with E-state index in [0.29, 0.717) is 6.04 Å². The molecule has 0 aromatic rings. The lowest BCUT2D eigenvalue weighted by Crippen LogP contribution is -2.48. The van der Waals surface area contributed by atoms with Gasteiger partial charge in [0, 0.05) is 38.3 Å². The van der Waals surface area contributed by atoms with Crippen molar-refractivity contribution in [2.24, 2.45) is 0 Å². The number of rotatable bonds is 7. The van der Waals surface area contributed by atoms with E-state index in [1.807, 2.05) is 0 Å². The van der Waals surface area contributed by atoms with Gasteiger partial charge in [-0.2, -0.15) is 0 Å². The van der Waals surface area contributed by atoms with E-state index in [2.05, 4.69) is 29.0 Å². The summed E-state index contributed by atoms with van der Waals surface area (Å²) in [5, 5.41) is 3.57. The molecule has 1 N–H and O–H groups in total. The Bertz CT molecular complexity index is 208. The molecule has 100 valence electrons. The molecule has 3 nitrogen and oxygen atoms in total. The third-order valence-corrected chi connectivity index (χ3v) is 4.09. The van der Waals surface area contributed by atoms with Gasteiger partial charge in [0.1, 0.15) is 0 Å². The second kappa shape index (κ2) is 6.72. The zero-order chi connectivity index (χ0) is 12.1. The standard InChI is InChI=1S/C14H29N3/c1-3-7-15-13(2)6-8-16-9-11-17(12-10-16)14-4-5-14/h13-15H,3-12H2,1-2H3. The van der Waals surface area contributed by atoms with Crippen molar-refractivity contribution in [3.8, 4) is 0 Å². The van der Waals surface area contributed by atoms with Crippen LogP contribution < -0.4 is 5.32 Å². The number of hydrogen-bond donors (Lipinski definition) is 1. The van der Waals surface area contributed by atoms with Gasteiger partial charge in [-0.15, -0.1) is 0 Å². The Morgan fingerprint density at radius 1 is 1.18 bits per heavy atom. The molecule has 0 bridgehead atoms. The second-order valence-electron chi connectivity index (χ2n) is 5.75. The molecule has 0 spiro atoms. The first kappa shape index (κ1) is 13.3. The molecule has 0 radical (unpaired) electrons. The molecule has 1 atom stereocenters. The zero-order valence-corrected chi connectivity index (χ0v) is 11.6. The Hall–Kier alpha value is -0.120. The van der Waals surface area contributed by atoms with Gasteiger partial charge in [0.25, 0.3) is 0 Å². The van der Waals surface area contributed by atoms with E-state index >= 15 is 0 Å². The summed E-state index contributed by atoms with van der Waals surface area (Å²) in [7, 11) is 0. The van der Waals surface area contributed by atoms with Crippen LogP contribution in [0.15, 0.2) is 0 Å². The van der Waals surface area contributed by atoms with Crippen molar-refractivity contribution >= 4 is 0 Å². The number of nitrogens with zero attached hydrogens (tertiary/aromatic N) is 2. The quantitative estimate of drug-likeness (QED) is 0.727. The Morgan fingerprint density at radius 2 is 1.88 bits per heavy atom. The van der Waals surface area contributed by atoms with E-state index in [0.717, 1.165) is 12.6 Å².